The molecule has 0 saturated heterocycles. The lowest BCUT2D eigenvalue weighted by atomic mass is 10.1. The summed E-state index contributed by atoms with van der Waals surface area (Å²) >= 11 is 1.63. The number of rotatable bonds is 5. The van der Waals surface area contributed by atoms with Gasteiger partial charge in [0.2, 0.25) is 10.0 Å². The fourth-order valence-electron chi connectivity index (χ4n) is 2.76. The average molecular weight is 383 g/mol. The number of sulfonamides is 1. The fraction of sp³-hybridized carbons (Fsp3) is 0.105. The number of pyridine rings is 1. The number of benzene rings is 1. The first kappa shape index (κ1) is 17.0. The predicted octanol–water partition coefficient (Wildman–Crippen LogP) is 4.08. The third-order valence-corrected chi connectivity index (χ3v) is 6.36. The smallest absolute Gasteiger partial charge is 0.240 e. The van der Waals surface area contributed by atoms with E-state index in [1.165, 1.54) is 0 Å². The molecule has 5 nitrogen and oxygen atoms in total. The van der Waals surface area contributed by atoms with Gasteiger partial charge >= 0.3 is 0 Å². The maximum Gasteiger partial charge on any atom is 0.240 e. The molecule has 0 fully saturated rings. The minimum absolute atomic E-state index is 0.199. The van der Waals surface area contributed by atoms with Crippen LogP contribution >= 0.6 is 11.3 Å². The van der Waals surface area contributed by atoms with Crippen LogP contribution in [0.15, 0.2) is 64.4 Å². The van der Waals surface area contributed by atoms with Gasteiger partial charge in [-0.25, -0.2) is 18.1 Å². The van der Waals surface area contributed by atoms with Crippen LogP contribution in [0.4, 0.5) is 0 Å². The van der Waals surface area contributed by atoms with Gasteiger partial charge in [-0.2, -0.15) is 11.3 Å². The van der Waals surface area contributed by atoms with E-state index in [0.29, 0.717) is 0 Å². The molecular formula is C19H17N3O2S2. The molecule has 26 heavy (non-hydrogen) atoms. The van der Waals surface area contributed by atoms with E-state index in [-0.39, 0.29) is 11.4 Å². The van der Waals surface area contributed by atoms with Gasteiger partial charge in [-0.1, -0.05) is 17.7 Å². The van der Waals surface area contributed by atoms with Crippen LogP contribution in [0.2, 0.25) is 0 Å². The van der Waals surface area contributed by atoms with E-state index in [4.69, 9.17) is 0 Å². The van der Waals surface area contributed by atoms with Gasteiger partial charge in [0.15, 0.2) is 0 Å². The van der Waals surface area contributed by atoms with Crippen molar-refractivity contribution >= 4 is 32.4 Å². The summed E-state index contributed by atoms with van der Waals surface area (Å²) in [6.07, 6.45) is 3.62. The second kappa shape index (κ2) is 6.68. The zero-order chi connectivity index (χ0) is 18.1. The standard InChI is InChI=1S/C19H17N3O2S2/c1-13-2-4-17(5-3-13)26(23,24)22-11-16-10-21-19-18(16)8-15(9-20-19)14-6-7-25-12-14/h2-10,12,22H,11H2,1H3,(H,20,21). The van der Waals surface area contributed by atoms with Gasteiger partial charge in [-0.3, -0.25) is 0 Å². The number of hydrogen-bond donors (Lipinski definition) is 2. The highest BCUT2D eigenvalue weighted by molar-refractivity contribution is 7.89. The van der Waals surface area contributed by atoms with Crippen molar-refractivity contribution in [1.29, 1.82) is 0 Å². The molecular weight excluding hydrogens is 366 g/mol. The normalized spacial score (nSPS) is 11.9. The number of aromatic amines is 1. The van der Waals surface area contributed by atoms with Crippen molar-refractivity contribution in [3.8, 4) is 11.1 Å². The third kappa shape index (κ3) is 3.29. The monoisotopic (exact) mass is 383 g/mol. The van der Waals surface area contributed by atoms with E-state index in [2.05, 4.69) is 20.1 Å². The van der Waals surface area contributed by atoms with Gasteiger partial charge in [0.25, 0.3) is 0 Å². The van der Waals surface area contributed by atoms with Crippen molar-refractivity contribution < 1.29 is 8.42 Å². The third-order valence-electron chi connectivity index (χ3n) is 4.26. The van der Waals surface area contributed by atoms with Gasteiger partial charge in [-0.15, -0.1) is 0 Å². The number of H-pyrrole nitrogens is 1. The molecule has 0 unspecified atom stereocenters. The number of fused-ring (bicyclic) bond motifs is 1. The summed E-state index contributed by atoms with van der Waals surface area (Å²) in [4.78, 5) is 7.81. The molecule has 0 amide bonds. The summed E-state index contributed by atoms with van der Waals surface area (Å²) in [6.45, 7) is 2.12. The zero-order valence-corrected chi connectivity index (χ0v) is 15.7. The molecule has 0 spiro atoms. The Morgan fingerprint density at radius 3 is 2.69 bits per heavy atom. The molecule has 3 aromatic heterocycles. The Labute approximate surface area is 155 Å². The highest BCUT2D eigenvalue weighted by Crippen LogP contribution is 2.26. The Bertz CT molecular complexity index is 1150. The number of hydrogen-bond acceptors (Lipinski definition) is 4. The first-order valence-corrected chi connectivity index (χ1v) is 10.5. The van der Waals surface area contributed by atoms with Crippen LogP contribution in [0.25, 0.3) is 22.2 Å². The van der Waals surface area contributed by atoms with Crippen LogP contribution in [0, 0.1) is 6.92 Å². The number of aromatic nitrogens is 2. The highest BCUT2D eigenvalue weighted by Gasteiger charge is 2.15. The summed E-state index contributed by atoms with van der Waals surface area (Å²) in [5, 5.41) is 5.00. The molecule has 0 bridgehead atoms. The SMILES string of the molecule is Cc1ccc(S(=O)(=O)NCc2c[nH]c3ncc(-c4ccsc4)cc23)cc1. The van der Waals surface area contributed by atoms with E-state index in [9.17, 15) is 8.42 Å². The molecule has 0 aliphatic heterocycles. The predicted molar refractivity (Wildman–Crippen MR) is 105 cm³/mol. The van der Waals surface area contributed by atoms with E-state index >= 15 is 0 Å². The van der Waals surface area contributed by atoms with E-state index in [1.807, 2.05) is 30.6 Å². The van der Waals surface area contributed by atoms with Crippen molar-refractivity contribution in [2.75, 3.05) is 0 Å². The quantitative estimate of drug-likeness (QED) is 0.545. The van der Waals surface area contributed by atoms with Gasteiger partial charge in [-0.05, 0) is 53.1 Å². The van der Waals surface area contributed by atoms with Gasteiger partial charge in [0, 0.05) is 29.9 Å². The first-order chi connectivity index (χ1) is 12.5. The second-order valence-electron chi connectivity index (χ2n) is 6.08. The molecule has 4 rings (SSSR count). The summed E-state index contributed by atoms with van der Waals surface area (Å²) in [6, 6.07) is 10.9. The number of thiophene rings is 1. The topological polar surface area (TPSA) is 74.8 Å². The van der Waals surface area contributed by atoms with Crippen LogP contribution in [0.1, 0.15) is 11.1 Å². The van der Waals surface area contributed by atoms with Crippen LogP contribution in [-0.4, -0.2) is 18.4 Å². The van der Waals surface area contributed by atoms with Crippen molar-refractivity contribution in [3.63, 3.8) is 0 Å². The number of aryl methyl sites for hydroxylation is 1. The molecule has 132 valence electrons. The summed E-state index contributed by atoms with van der Waals surface area (Å²) in [5.74, 6) is 0. The van der Waals surface area contributed by atoms with Crippen molar-refractivity contribution in [3.05, 3.63) is 70.7 Å². The van der Waals surface area contributed by atoms with E-state index < -0.39 is 10.0 Å². The summed E-state index contributed by atoms with van der Waals surface area (Å²) in [5.41, 5.74) is 4.75. The lowest BCUT2D eigenvalue weighted by Gasteiger charge is -2.07. The van der Waals surface area contributed by atoms with Gasteiger partial charge < -0.3 is 4.98 Å². The Hall–Kier alpha value is -2.48. The summed E-state index contributed by atoms with van der Waals surface area (Å²) in [7, 11) is -3.56. The maximum absolute atomic E-state index is 12.5. The summed E-state index contributed by atoms with van der Waals surface area (Å²) < 4.78 is 27.7. The van der Waals surface area contributed by atoms with Crippen molar-refractivity contribution in [2.45, 2.75) is 18.4 Å². The molecule has 0 saturated carbocycles. The van der Waals surface area contributed by atoms with Crippen molar-refractivity contribution in [2.24, 2.45) is 0 Å². The van der Waals surface area contributed by atoms with E-state index in [0.717, 1.165) is 33.3 Å². The lowest BCUT2D eigenvalue weighted by molar-refractivity contribution is 0.581. The largest absolute Gasteiger partial charge is 0.346 e. The zero-order valence-electron chi connectivity index (χ0n) is 14.1. The minimum atomic E-state index is -3.56. The number of nitrogens with one attached hydrogen (secondary N) is 2. The molecule has 0 aliphatic rings. The molecule has 0 radical (unpaired) electrons. The molecule has 3 heterocycles. The Kier molecular flexibility index (Phi) is 4.36. The number of nitrogens with zero attached hydrogens (tertiary/aromatic N) is 1. The Morgan fingerprint density at radius 2 is 1.96 bits per heavy atom. The van der Waals surface area contributed by atoms with Crippen LogP contribution in [0.3, 0.4) is 0 Å². The highest BCUT2D eigenvalue weighted by atomic mass is 32.2. The molecule has 0 aliphatic carbocycles. The van der Waals surface area contributed by atoms with Crippen LogP contribution in [0.5, 0.6) is 0 Å². The first-order valence-electron chi connectivity index (χ1n) is 8.08. The Morgan fingerprint density at radius 1 is 1.15 bits per heavy atom. The molecule has 1 aromatic carbocycles. The van der Waals surface area contributed by atoms with Crippen molar-refractivity contribution in [1.82, 2.24) is 14.7 Å². The maximum atomic E-state index is 12.5. The molecule has 2 N–H and O–H groups in total. The van der Waals surface area contributed by atoms with Crippen LogP contribution < -0.4 is 4.72 Å². The molecule has 7 heteroatoms. The Balaban J connectivity index is 1.61. The van der Waals surface area contributed by atoms with Gasteiger partial charge in [0.1, 0.15) is 5.65 Å². The van der Waals surface area contributed by atoms with E-state index in [1.54, 1.807) is 41.8 Å². The second-order valence-corrected chi connectivity index (χ2v) is 8.63. The van der Waals surface area contributed by atoms with Crippen LogP contribution in [-0.2, 0) is 16.6 Å². The lowest BCUT2D eigenvalue weighted by Crippen LogP contribution is -2.23. The minimum Gasteiger partial charge on any atom is -0.346 e. The molecule has 4 aromatic rings. The fourth-order valence-corrected chi connectivity index (χ4v) is 4.44. The molecule has 0 atom stereocenters. The average Bonchev–Trinajstić information content (AvgIpc) is 3.30. The van der Waals surface area contributed by atoms with Gasteiger partial charge in [0.05, 0.1) is 4.90 Å².